The summed E-state index contributed by atoms with van der Waals surface area (Å²) < 4.78 is 0. The molecule has 1 saturated heterocycles. The first-order valence-corrected chi connectivity index (χ1v) is 5.01. The number of likely N-dealkylation sites (tertiary alicyclic amines) is 1. The van der Waals surface area contributed by atoms with Crippen molar-refractivity contribution in [3.8, 4) is 11.8 Å². The molecule has 1 fully saturated rings. The molecule has 14 heavy (non-hydrogen) atoms. The van der Waals surface area contributed by atoms with Gasteiger partial charge in [-0.15, -0.1) is 0 Å². The summed E-state index contributed by atoms with van der Waals surface area (Å²) in [7, 11) is 3.98. The first-order chi connectivity index (χ1) is 6.61. The summed E-state index contributed by atoms with van der Waals surface area (Å²) >= 11 is 0. The van der Waals surface area contributed by atoms with E-state index in [-0.39, 0.29) is 11.9 Å². The average molecular weight is 194 g/mol. The summed E-state index contributed by atoms with van der Waals surface area (Å²) in [5.41, 5.74) is 0. The van der Waals surface area contributed by atoms with E-state index in [1.54, 1.807) is 6.92 Å². The quantitative estimate of drug-likeness (QED) is 0.570. The van der Waals surface area contributed by atoms with Crippen molar-refractivity contribution in [2.45, 2.75) is 25.8 Å². The Kier molecular flexibility index (Phi) is 3.97. The maximum atomic E-state index is 11.2. The molecule has 1 amide bonds. The molecule has 78 valence electrons. The third-order valence-electron chi connectivity index (χ3n) is 2.32. The van der Waals surface area contributed by atoms with Gasteiger partial charge in [0.1, 0.15) is 0 Å². The average Bonchev–Trinajstić information content (AvgIpc) is 2.51. The molecular formula is C11H18N2O. The van der Waals surface area contributed by atoms with Crippen molar-refractivity contribution in [3.05, 3.63) is 0 Å². The molecule has 0 aliphatic carbocycles. The topological polar surface area (TPSA) is 23.6 Å². The maximum Gasteiger partial charge on any atom is 0.220 e. The van der Waals surface area contributed by atoms with Crippen LogP contribution in [0.3, 0.4) is 0 Å². The summed E-state index contributed by atoms with van der Waals surface area (Å²) in [6.07, 6.45) is 2.11. The van der Waals surface area contributed by atoms with Crippen LogP contribution in [0.25, 0.3) is 0 Å². The molecule has 3 heteroatoms. The number of amides is 1. The van der Waals surface area contributed by atoms with Gasteiger partial charge >= 0.3 is 0 Å². The van der Waals surface area contributed by atoms with Gasteiger partial charge in [-0.3, -0.25) is 9.69 Å². The minimum Gasteiger partial charge on any atom is -0.329 e. The van der Waals surface area contributed by atoms with Crippen LogP contribution in [-0.2, 0) is 4.79 Å². The number of carbonyl (C=O) groups excluding carboxylic acids is 1. The molecule has 0 spiro atoms. The number of carbonyl (C=O) groups is 1. The van der Waals surface area contributed by atoms with E-state index in [2.05, 4.69) is 11.8 Å². The van der Waals surface area contributed by atoms with Gasteiger partial charge in [0.15, 0.2) is 0 Å². The van der Waals surface area contributed by atoms with E-state index in [1.807, 2.05) is 23.9 Å². The van der Waals surface area contributed by atoms with Gasteiger partial charge in [-0.05, 0) is 26.9 Å². The smallest absolute Gasteiger partial charge is 0.220 e. The van der Waals surface area contributed by atoms with Gasteiger partial charge in [-0.1, -0.05) is 11.8 Å². The largest absolute Gasteiger partial charge is 0.329 e. The standard InChI is InChI=1S/C11H18N2O/c1-10(14)13-9-5-7-11(13)6-4-8-12(2)3/h11H,5,7-9H2,1-3H3/t11-/m0/s1. The van der Waals surface area contributed by atoms with Crippen molar-refractivity contribution in [1.82, 2.24) is 9.80 Å². The maximum absolute atomic E-state index is 11.2. The van der Waals surface area contributed by atoms with E-state index >= 15 is 0 Å². The van der Waals surface area contributed by atoms with Crippen molar-refractivity contribution in [3.63, 3.8) is 0 Å². The van der Waals surface area contributed by atoms with Crippen LogP contribution in [-0.4, -0.2) is 48.9 Å². The number of hydrogen-bond acceptors (Lipinski definition) is 2. The lowest BCUT2D eigenvalue weighted by Crippen LogP contribution is -2.32. The zero-order chi connectivity index (χ0) is 10.6. The minimum absolute atomic E-state index is 0.145. The number of rotatable bonds is 1. The summed E-state index contributed by atoms with van der Waals surface area (Å²) in [6, 6.07) is 0.160. The van der Waals surface area contributed by atoms with Crippen LogP contribution in [0, 0.1) is 11.8 Å². The molecule has 3 nitrogen and oxygen atoms in total. The Bertz CT molecular complexity index is 262. The molecule has 1 aliphatic heterocycles. The predicted octanol–water partition coefficient (Wildman–Crippen LogP) is 0.562. The van der Waals surface area contributed by atoms with E-state index in [4.69, 9.17) is 0 Å². The monoisotopic (exact) mass is 194 g/mol. The van der Waals surface area contributed by atoms with Crippen molar-refractivity contribution in [2.24, 2.45) is 0 Å². The lowest BCUT2D eigenvalue weighted by Gasteiger charge is -2.18. The minimum atomic E-state index is 0.145. The molecule has 0 unspecified atom stereocenters. The number of hydrogen-bond donors (Lipinski definition) is 0. The van der Waals surface area contributed by atoms with Crippen molar-refractivity contribution in [2.75, 3.05) is 27.2 Å². The van der Waals surface area contributed by atoms with Crippen LogP contribution >= 0.6 is 0 Å². The summed E-state index contributed by atoms with van der Waals surface area (Å²) in [5, 5.41) is 0. The predicted molar refractivity (Wildman–Crippen MR) is 56.7 cm³/mol. The normalized spacial score (nSPS) is 20.9. The summed E-state index contributed by atoms with van der Waals surface area (Å²) in [4.78, 5) is 15.1. The van der Waals surface area contributed by atoms with Crippen molar-refractivity contribution >= 4 is 5.91 Å². The van der Waals surface area contributed by atoms with E-state index in [9.17, 15) is 4.79 Å². The molecule has 0 radical (unpaired) electrons. The van der Waals surface area contributed by atoms with Gasteiger partial charge in [-0.2, -0.15) is 0 Å². The lowest BCUT2D eigenvalue weighted by atomic mass is 10.2. The van der Waals surface area contributed by atoms with Gasteiger partial charge in [0.05, 0.1) is 12.6 Å². The van der Waals surface area contributed by atoms with E-state index in [1.165, 1.54) is 0 Å². The zero-order valence-corrected chi connectivity index (χ0v) is 9.21. The molecular weight excluding hydrogens is 176 g/mol. The van der Waals surface area contributed by atoms with Gasteiger partial charge in [0.2, 0.25) is 5.91 Å². The lowest BCUT2D eigenvalue weighted by molar-refractivity contribution is -0.128. The Morgan fingerprint density at radius 1 is 1.57 bits per heavy atom. The highest BCUT2D eigenvalue weighted by molar-refractivity contribution is 5.74. The second kappa shape index (κ2) is 5.02. The first-order valence-electron chi connectivity index (χ1n) is 5.01. The van der Waals surface area contributed by atoms with Gasteiger partial charge in [0.25, 0.3) is 0 Å². The van der Waals surface area contributed by atoms with Gasteiger partial charge in [-0.25, -0.2) is 0 Å². The highest BCUT2D eigenvalue weighted by Gasteiger charge is 2.24. The zero-order valence-electron chi connectivity index (χ0n) is 9.21. The molecule has 0 aromatic rings. The Labute approximate surface area is 86.1 Å². The molecule has 1 rings (SSSR count). The Morgan fingerprint density at radius 2 is 2.29 bits per heavy atom. The fourth-order valence-electron chi connectivity index (χ4n) is 1.62. The molecule has 0 N–H and O–H groups in total. The van der Waals surface area contributed by atoms with Crippen molar-refractivity contribution < 1.29 is 4.79 Å². The van der Waals surface area contributed by atoms with Crippen LogP contribution in [0.15, 0.2) is 0 Å². The molecule has 0 aromatic heterocycles. The van der Waals surface area contributed by atoms with E-state index < -0.39 is 0 Å². The Balaban J connectivity index is 2.49. The second-order valence-corrected chi connectivity index (χ2v) is 3.93. The number of nitrogens with zero attached hydrogens (tertiary/aromatic N) is 2. The Morgan fingerprint density at radius 3 is 2.86 bits per heavy atom. The van der Waals surface area contributed by atoms with Gasteiger partial charge in [0, 0.05) is 13.5 Å². The third kappa shape index (κ3) is 3.04. The molecule has 1 aliphatic rings. The van der Waals surface area contributed by atoms with Crippen molar-refractivity contribution in [1.29, 1.82) is 0 Å². The molecule has 0 aromatic carbocycles. The van der Waals surface area contributed by atoms with Crippen LogP contribution in [0.2, 0.25) is 0 Å². The molecule has 1 atom stereocenters. The molecule has 0 bridgehead atoms. The van der Waals surface area contributed by atoms with E-state index in [0.717, 1.165) is 25.9 Å². The second-order valence-electron chi connectivity index (χ2n) is 3.93. The van der Waals surface area contributed by atoms with E-state index in [0.29, 0.717) is 0 Å². The molecule has 0 saturated carbocycles. The summed E-state index contributed by atoms with van der Waals surface area (Å²) in [5.74, 6) is 6.40. The van der Waals surface area contributed by atoms with Crippen LogP contribution in [0.1, 0.15) is 19.8 Å². The highest BCUT2D eigenvalue weighted by atomic mass is 16.2. The summed E-state index contributed by atoms with van der Waals surface area (Å²) in [6.45, 7) is 3.25. The third-order valence-corrected chi connectivity index (χ3v) is 2.32. The first kappa shape index (κ1) is 11.1. The molecule has 1 heterocycles. The highest BCUT2D eigenvalue weighted by Crippen LogP contribution is 2.15. The SMILES string of the molecule is CC(=O)N1CCC[C@@H]1C#CCN(C)C. The fraction of sp³-hybridized carbons (Fsp3) is 0.727. The van der Waals surface area contributed by atoms with Crippen LogP contribution in [0.5, 0.6) is 0 Å². The fourth-order valence-corrected chi connectivity index (χ4v) is 1.62. The van der Waals surface area contributed by atoms with Gasteiger partial charge < -0.3 is 4.90 Å². The van der Waals surface area contributed by atoms with Crippen LogP contribution < -0.4 is 0 Å². The Hall–Kier alpha value is -1.01. The van der Waals surface area contributed by atoms with Crippen LogP contribution in [0.4, 0.5) is 0 Å².